The zero-order valence-corrected chi connectivity index (χ0v) is 10.8. The Hall–Kier alpha value is -2.50. The molecule has 0 atom stereocenters. The normalized spacial score (nSPS) is 14.4. The number of hydrogen-bond donors (Lipinski definition) is 1. The zero-order valence-electron chi connectivity index (χ0n) is 10.8. The van der Waals surface area contributed by atoms with Crippen LogP contribution in [0.4, 0.5) is 5.69 Å². The summed E-state index contributed by atoms with van der Waals surface area (Å²) in [5, 5.41) is 20.8. The summed E-state index contributed by atoms with van der Waals surface area (Å²) in [6.07, 6.45) is 1.91. The molecule has 1 aliphatic rings. The highest BCUT2D eigenvalue weighted by Crippen LogP contribution is 2.41. The molecule has 0 radical (unpaired) electrons. The highest BCUT2D eigenvalue weighted by Gasteiger charge is 2.29. The van der Waals surface area contributed by atoms with Crippen LogP contribution < -0.4 is 0 Å². The van der Waals surface area contributed by atoms with Crippen molar-refractivity contribution < 1.29 is 14.8 Å². The summed E-state index contributed by atoms with van der Waals surface area (Å²) in [4.78, 5) is 26.4. The predicted octanol–water partition coefficient (Wildman–Crippen LogP) is 3.03. The Labute approximate surface area is 114 Å². The molecule has 0 amide bonds. The number of rotatable bonds is 3. The Morgan fingerprint density at radius 2 is 2.15 bits per heavy atom. The number of benzene rings is 1. The third kappa shape index (κ3) is 1.89. The first kappa shape index (κ1) is 12.5. The van der Waals surface area contributed by atoms with Crippen LogP contribution in [0.2, 0.25) is 0 Å². The number of aryl methyl sites for hydroxylation is 1. The number of fused-ring (bicyclic) bond motifs is 1. The van der Waals surface area contributed by atoms with Gasteiger partial charge in [-0.25, -0.2) is 9.78 Å². The molecule has 1 heterocycles. The van der Waals surface area contributed by atoms with Gasteiger partial charge >= 0.3 is 5.97 Å². The smallest absolute Gasteiger partial charge is 0.336 e. The van der Waals surface area contributed by atoms with Crippen LogP contribution in [0.25, 0.3) is 10.9 Å². The van der Waals surface area contributed by atoms with Gasteiger partial charge in [-0.05, 0) is 31.4 Å². The average molecular weight is 272 g/mol. The molecule has 1 N–H and O–H groups in total. The monoisotopic (exact) mass is 272 g/mol. The van der Waals surface area contributed by atoms with E-state index in [1.807, 2.05) is 0 Å². The number of non-ortho nitro benzene ring substituents is 1. The lowest BCUT2D eigenvalue weighted by molar-refractivity contribution is -0.383. The Kier molecular flexibility index (Phi) is 2.67. The molecule has 3 rings (SSSR count). The lowest BCUT2D eigenvalue weighted by Gasteiger charge is -2.09. The van der Waals surface area contributed by atoms with E-state index in [-0.39, 0.29) is 22.7 Å². The molecule has 0 spiro atoms. The Morgan fingerprint density at radius 3 is 2.70 bits per heavy atom. The van der Waals surface area contributed by atoms with Crippen molar-refractivity contribution in [3.05, 3.63) is 45.1 Å². The molecular weight excluding hydrogens is 260 g/mol. The van der Waals surface area contributed by atoms with Gasteiger partial charge in [-0.15, -0.1) is 0 Å². The number of carbonyl (C=O) groups is 1. The first-order chi connectivity index (χ1) is 9.49. The molecule has 1 aromatic carbocycles. The van der Waals surface area contributed by atoms with Gasteiger partial charge in [-0.2, -0.15) is 0 Å². The van der Waals surface area contributed by atoms with Crippen LogP contribution in [0.1, 0.15) is 40.4 Å². The Balaban J connectivity index is 2.43. The lowest BCUT2D eigenvalue weighted by atomic mass is 10.0. The summed E-state index contributed by atoms with van der Waals surface area (Å²) in [7, 11) is 0. The van der Waals surface area contributed by atoms with Gasteiger partial charge in [0, 0.05) is 23.1 Å². The molecule has 0 bridgehead atoms. The van der Waals surface area contributed by atoms with Crippen molar-refractivity contribution in [2.24, 2.45) is 0 Å². The number of carboxylic acids is 1. The molecule has 6 heteroatoms. The zero-order chi connectivity index (χ0) is 14.4. The first-order valence-corrected chi connectivity index (χ1v) is 6.31. The number of aromatic carboxylic acids is 1. The summed E-state index contributed by atoms with van der Waals surface area (Å²) in [5.41, 5.74) is 1.45. The second kappa shape index (κ2) is 4.26. The molecule has 6 nitrogen and oxygen atoms in total. The van der Waals surface area contributed by atoms with E-state index in [0.717, 1.165) is 12.8 Å². The van der Waals surface area contributed by atoms with Gasteiger partial charge in [0.2, 0.25) is 0 Å². The minimum Gasteiger partial charge on any atom is -0.478 e. The van der Waals surface area contributed by atoms with E-state index in [4.69, 9.17) is 0 Å². The molecule has 1 fully saturated rings. The second-order valence-electron chi connectivity index (χ2n) is 5.06. The fourth-order valence-electron chi connectivity index (χ4n) is 2.42. The summed E-state index contributed by atoms with van der Waals surface area (Å²) in [6.45, 7) is 1.73. The summed E-state index contributed by atoms with van der Waals surface area (Å²) >= 11 is 0. The standard InChI is InChI=1S/C14H12N2O4/c1-7-2-5-11(16(19)20)13-12(7)9(14(17)18)6-10(15-13)8-3-4-8/h2,5-6,8H,3-4H2,1H3,(H,17,18). The summed E-state index contributed by atoms with van der Waals surface area (Å²) in [6, 6.07) is 4.50. The number of nitrogens with zero attached hydrogens (tertiary/aromatic N) is 2. The van der Waals surface area contributed by atoms with Gasteiger partial charge in [-0.1, -0.05) is 6.07 Å². The van der Waals surface area contributed by atoms with Gasteiger partial charge < -0.3 is 5.11 Å². The van der Waals surface area contributed by atoms with Crippen LogP contribution in [-0.4, -0.2) is 21.0 Å². The Morgan fingerprint density at radius 1 is 1.45 bits per heavy atom. The van der Waals surface area contributed by atoms with E-state index >= 15 is 0 Å². The molecule has 0 unspecified atom stereocenters. The average Bonchev–Trinajstić information content (AvgIpc) is 3.21. The molecule has 102 valence electrons. The SMILES string of the molecule is Cc1ccc([N+](=O)[O-])c2nc(C3CC3)cc(C(=O)O)c12. The largest absolute Gasteiger partial charge is 0.478 e. The molecule has 2 aromatic rings. The van der Waals surface area contributed by atoms with Crippen molar-refractivity contribution in [1.82, 2.24) is 4.98 Å². The number of hydrogen-bond acceptors (Lipinski definition) is 4. The number of pyridine rings is 1. The van der Waals surface area contributed by atoms with Crippen LogP contribution in [-0.2, 0) is 0 Å². The van der Waals surface area contributed by atoms with Gasteiger partial charge in [0.15, 0.2) is 0 Å². The highest BCUT2D eigenvalue weighted by molar-refractivity contribution is 6.06. The molecule has 20 heavy (non-hydrogen) atoms. The lowest BCUT2D eigenvalue weighted by Crippen LogP contribution is -2.04. The fourth-order valence-corrected chi connectivity index (χ4v) is 2.42. The van der Waals surface area contributed by atoms with E-state index in [9.17, 15) is 20.0 Å². The molecule has 1 aliphatic carbocycles. The maximum absolute atomic E-state index is 11.4. The second-order valence-corrected chi connectivity index (χ2v) is 5.06. The molecular formula is C14H12N2O4. The van der Waals surface area contributed by atoms with Gasteiger partial charge in [-0.3, -0.25) is 10.1 Å². The molecule has 1 aromatic heterocycles. The number of nitro groups is 1. The number of nitro benzene ring substituents is 1. The predicted molar refractivity (Wildman–Crippen MR) is 72.1 cm³/mol. The van der Waals surface area contributed by atoms with Crippen molar-refractivity contribution >= 4 is 22.6 Å². The molecule has 1 saturated carbocycles. The molecule has 0 aliphatic heterocycles. The fraction of sp³-hybridized carbons (Fsp3) is 0.286. The number of aromatic nitrogens is 1. The topological polar surface area (TPSA) is 93.3 Å². The van der Waals surface area contributed by atoms with Crippen LogP contribution in [0, 0.1) is 17.0 Å². The number of carboxylic acid groups (broad SMARTS) is 1. The molecule has 0 saturated heterocycles. The third-order valence-electron chi connectivity index (χ3n) is 3.59. The van der Waals surface area contributed by atoms with Crippen LogP contribution in [0.15, 0.2) is 18.2 Å². The van der Waals surface area contributed by atoms with E-state index in [0.29, 0.717) is 16.6 Å². The van der Waals surface area contributed by atoms with Gasteiger partial charge in [0.25, 0.3) is 5.69 Å². The van der Waals surface area contributed by atoms with Crippen molar-refractivity contribution in [3.63, 3.8) is 0 Å². The maximum Gasteiger partial charge on any atom is 0.336 e. The van der Waals surface area contributed by atoms with Crippen LogP contribution in [0.5, 0.6) is 0 Å². The minimum absolute atomic E-state index is 0.0955. The minimum atomic E-state index is -1.08. The van der Waals surface area contributed by atoms with Crippen molar-refractivity contribution in [3.8, 4) is 0 Å². The highest BCUT2D eigenvalue weighted by atomic mass is 16.6. The summed E-state index contributed by atoms with van der Waals surface area (Å²) in [5.74, 6) is -0.847. The van der Waals surface area contributed by atoms with Crippen LogP contribution in [0.3, 0.4) is 0 Å². The van der Waals surface area contributed by atoms with Gasteiger partial charge in [0.05, 0.1) is 10.5 Å². The van der Waals surface area contributed by atoms with Crippen molar-refractivity contribution in [1.29, 1.82) is 0 Å². The van der Waals surface area contributed by atoms with Crippen molar-refractivity contribution in [2.45, 2.75) is 25.7 Å². The van der Waals surface area contributed by atoms with Gasteiger partial charge in [0.1, 0.15) is 5.52 Å². The maximum atomic E-state index is 11.4. The van der Waals surface area contributed by atoms with E-state index in [1.54, 1.807) is 19.1 Å². The van der Waals surface area contributed by atoms with E-state index in [1.165, 1.54) is 6.07 Å². The van der Waals surface area contributed by atoms with E-state index in [2.05, 4.69) is 4.98 Å². The van der Waals surface area contributed by atoms with E-state index < -0.39 is 10.9 Å². The summed E-state index contributed by atoms with van der Waals surface area (Å²) < 4.78 is 0. The van der Waals surface area contributed by atoms with Crippen molar-refractivity contribution in [2.75, 3.05) is 0 Å². The quantitative estimate of drug-likeness (QED) is 0.684. The first-order valence-electron chi connectivity index (χ1n) is 6.31. The Bertz CT molecular complexity index is 750. The van der Waals surface area contributed by atoms with Crippen LogP contribution >= 0.6 is 0 Å². The third-order valence-corrected chi connectivity index (χ3v) is 3.59.